The van der Waals surface area contributed by atoms with Crippen molar-refractivity contribution in [3.05, 3.63) is 89.5 Å². The summed E-state index contributed by atoms with van der Waals surface area (Å²) >= 11 is 0. The van der Waals surface area contributed by atoms with Crippen molar-refractivity contribution in [2.45, 2.75) is 43.5 Å². The highest BCUT2D eigenvalue weighted by atomic mass is 32.2. The molecule has 0 saturated carbocycles. The van der Waals surface area contributed by atoms with Crippen molar-refractivity contribution in [2.75, 3.05) is 29.9 Å². The lowest BCUT2D eigenvalue weighted by molar-refractivity contribution is 0.102. The molecule has 0 unspecified atom stereocenters. The van der Waals surface area contributed by atoms with Crippen LogP contribution >= 0.6 is 0 Å². The van der Waals surface area contributed by atoms with Gasteiger partial charge in [0.15, 0.2) is 0 Å². The van der Waals surface area contributed by atoms with Crippen molar-refractivity contribution in [1.29, 1.82) is 0 Å². The average molecular weight is 490 g/mol. The fourth-order valence-corrected chi connectivity index (χ4v) is 6.41. The Labute approximate surface area is 207 Å². The van der Waals surface area contributed by atoms with Crippen molar-refractivity contribution in [2.24, 2.45) is 0 Å². The van der Waals surface area contributed by atoms with Gasteiger partial charge < -0.3 is 10.2 Å². The van der Waals surface area contributed by atoms with Crippen molar-refractivity contribution in [3.8, 4) is 0 Å². The van der Waals surface area contributed by atoms with Crippen LogP contribution in [0.25, 0.3) is 0 Å². The first kappa shape index (κ1) is 23.6. The second kappa shape index (κ2) is 10.2. The molecule has 3 aromatic rings. The summed E-state index contributed by atoms with van der Waals surface area (Å²) in [5, 5.41) is 2.87. The normalized spacial score (nSPS) is 16.5. The molecule has 3 aromatic carbocycles. The Hall–Kier alpha value is -3.16. The Morgan fingerprint density at radius 3 is 2.20 bits per heavy atom. The lowest BCUT2D eigenvalue weighted by Gasteiger charge is -2.20. The fraction of sp³-hybridized carbons (Fsp3) is 0.321. The number of nitrogens with one attached hydrogen (secondary N) is 1. The Morgan fingerprint density at radius 1 is 0.800 bits per heavy atom. The molecule has 6 nitrogen and oxygen atoms in total. The first-order valence-corrected chi connectivity index (χ1v) is 13.8. The number of nitrogens with zero attached hydrogens (tertiary/aromatic N) is 2. The van der Waals surface area contributed by atoms with Crippen LogP contribution in [0.5, 0.6) is 0 Å². The summed E-state index contributed by atoms with van der Waals surface area (Å²) in [5.74, 6) is -0.216. The molecule has 182 valence electrons. The minimum absolute atomic E-state index is 0.216. The van der Waals surface area contributed by atoms with Crippen molar-refractivity contribution >= 4 is 27.3 Å². The maximum atomic E-state index is 13.0. The highest BCUT2D eigenvalue weighted by Gasteiger charge is 2.25. The van der Waals surface area contributed by atoms with Crippen LogP contribution in [0.3, 0.4) is 0 Å². The molecule has 5 rings (SSSR count). The molecule has 2 aliphatic heterocycles. The van der Waals surface area contributed by atoms with Crippen molar-refractivity contribution < 1.29 is 13.2 Å². The van der Waals surface area contributed by atoms with E-state index in [1.807, 2.05) is 24.3 Å². The van der Waals surface area contributed by atoms with E-state index in [1.165, 1.54) is 11.3 Å². The predicted octanol–water partition coefficient (Wildman–Crippen LogP) is 5.07. The van der Waals surface area contributed by atoms with E-state index in [4.69, 9.17) is 0 Å². The maximum Gasteiger partial charge on any atom is 0.255 e. The second-order valence-electron chi connectivity index (χ2n) is 9.29. The largest absolute Gasteiger partial charge is 0.367 e. The fourth-order valence-electron chi connectivity index (χ4n) is 4.90. The van der Waals surface area contributed by atoms with E-state index >= 15 is 0 Å². The SMILES string of the molecule is O=C(Nc1ccc(S(=O)(=O)N2CCCCCC2)cc1)c1ccc(CN2CCc3ccccc32)cc1. The van der Waals surface area contributed by atoms with Crippen LogP contribution < -0.4 is 10.2 Å². The van der Waals surface area contributed by atoms with Gasteiger partial charge >= 0.3 is 0 Å². The maximum absolute atomic E-state index is 13.0. The van der Waals surface area contributed by atoms with Crippen LogP contribution in [0.1, 0.15) is 47.2 Å². The lowest BCUT2D eigenvalue weighted by Crippen LogP contribution is -2.31. The average Bonchev–Trinajstić information content (AvgIpc) is 3.08. The highest BCUT2D eigenvalue weighted by molar-refractivity contribution is 7.89. The van der Waals surface area contributed by atoms with E-state index in [0.29, 0.717) is 24.3 Å². The number of para-hydroxylation sites is 1. The number of hydrogen-bond acceptors (Lipinski definition) is 4. The summed E-state index contributed by atoms with van der Waals surface area (Å²) < 4.78 is 27.5. The van der Waals surface area contributed by atoms with Crippen LogP contribution in [0.2, 0.25) is 0 Å². The summed E-state index contributed by atoms with van der Waals surface area (Å²) in [6.07, 6.45) is 5.01. The molecule has 0 atom stereocenters. The van der Waals surface area contributed by atoms with Gasteiger partial charge in [-0.05, 0) is 72.9 Å². The van der Waals surface area contributed by atoms with E-state index < -0.39 is 10.0 Å². The van der Waals surface area contributed by atoms with E-state index in [2.05, 4.69) is 34.5 Å². The molecule has 1 saturated heterocycles. The third kappa shape index (κ3) is 5.26. The standard InChI is InChI=1S/C28H31N3O3S/c32-28(24-11-9-22(10-12-24)21-30-20-17-23-7-3-4-8-27(23)30)29-25-13-15-26(16-14-25)35(33,34)31-18-5-1-2-6-19-31/h3-4,7-16H,1-2,5-6,17-21H2,(H,29,32). The van der Waals surface area contributed by atoms with Crippen LogP contribution in [-0.2, 0) is 23.0 Å². The third-order valence-electron chi connectivity index (χ3n) is 6.89. The minimum atomic E-state index is -3.50. The molecular weight excluding hydrogens is 458 g/mol. The number of carbonyl (C=O) groups is 1. The van der Waals surface area contributed by atoms with Crippen molar-refractivity contribution in [1.82, 2.24) is 4.31 Å². The first-order chi connectivity index (χ1) is 17.0. The van der Waals surface area contributed by atoms with Crippen LogP contribution in [0.15, 0.2) is 77.7 Å². The zero-order valence-corrected chi connectivity index (χ0v) is 20.6. The molecule has 1 fully saturated rings. The number of fused-ring (bicyclic) bond motifs is 1. The van der Waals surface area contributed by atoms with E-state index in [-0.39, 0.29) is 10.8 Å². The lowest BCUT2D eigenvalue weighted by atomic mass is 10.1. The second-order valence-corrected chi connectivity index (χ2v) is 11.2. The predicted molar refractivity (Wildman–Crippen MR) is 139 cm³/mol. The number of carbonyl (C=O) groups excluding carboxylic acids is 1. The minimum Gasteiger partial charge on any atom is -0.367 e. The number of amides is 1. The number of hydrogen-bond donors (Lipinski definition) is 1. The monoisotopic (exact) mass is 489 g/mol. The number of anilines is 2. The van der Waals surface area contributed by atoms with Gasteiger partial charge in [0.25, 0.3) is 5.91 Å². The Balaban J connectivity index is 1.20. The summed E-state index contributed by atoms with van der Waals surface area (Å²) in [4.78, 5) is 15.4. The molecule has 0 bridgehead atoms. The number of benzene rings is 3. The van der Waals surface area contributed by atoms with Gasteiger partial charge in [-0.1, -0.05) is 43.2 Å². The zero-order valence-electron chi connectivity index (χ0n) is 19.8. The quantitative estimate of drug-likeness (QED) is 0.525. The van der Waals surface area contributed by atoms with Gasteiger partial charge in [-0.15, -0.1) is 0 Å². The van der Waals surface area contributed by atoms with Crippen LogP contribution in [0.4, 0.5) is 11.4 Å². The Morgan fingerprint density at radius 2 is 1.49 bits per heavy atom. The van der Waals surface area contributed by atoms with Crippen molar-refractivity contribution in [3.63, 3.8) is 0 Å². The summed E-state index contributed by atoms with van der Waals surface area (Å²) in [7, 11) is -3.50. The van der Waals surface area contributed by atoms with Crippen LogP contribution in [0, 0.1) is 0 Å². The van der Waals surface area contributed by atoms with Gasteiger partial charge in [0.2, 0.25) is 10.0 Å². The third-order valence-corrected chi connectivity index (χ3v) is 8.80. The van der Waals surface area contributed by atoms with Gasteiger partial charge in [-0.3, -0.25) is 4.79 Å². The summed E-state index contributed by atoms with van der Waals surface area (Å²) in [5.41, 5.74) is 4.96. The molecule has 7 heteroatoms. The smallest absolute Gasteiger partial charge is 0.255 e. The van der Waals surface area contributed by atoms with Gasteiger partial charge in [-0.2, -0.15) is 4.31 Å². The van der Waals surface area contributed by atoms with E-state index in [1.54, 1.807) is 28.6 Å². The Kier molecular flexibility index (Phi) is 6.88. The zero-order chi connectivity index (χ0) is 24.3. The molecule has 1 N–H and O–H groups in total. The molecule has 0 aliphatic carbocycles. The molecule has 0 aromatic heterocycles. The van der Waals surface area contributed by atoms with E-state index in [0.717, 1.165) is 50.8 Å². The molecular formula is C28H31N3O3S. The molecule has 2 heterocycles. The van der Waals surface area contributed by atoms with Gasteiger partial charge in [0, 0.05) is 43.1 Å². The van der Waals surface area contributed by atoms with Gasteiger partial charge in [0.05, 0.1) is 4.90 Å². The molecule has 35 heavy (non-hydrogen) atoms. The molecule has 2 aliphatic rings. The topological polar surface area (TPSA) is 69.7 Å². The molecule has 1 amide bonds. The first-order valence-electron chi connectivity index (χ1n) is 12.3. The Bertz CT molecular complexity index is 1280. The molecule has 0 spiro atoms. The number of rotatable bonds is 6. The summed E-state index contributed by atoms with van der Waals surface area (Å²) in [6.45, 7) is 2.96. The van der Waals surface area contributed by atoms with Crippen LogP contribution in [-0.4, -0.2) is 38.3 Å². The highest BCUT2D eigenvalue weighted by Crippen LogP contribution is 2.29. The molecule has 0 radical (unpaired) electrons. The number of sulfonamides is 1. The van der Waals surface area contributed by atoms with E-state index in [9.17, 15) is 13.2 Å². The van der Waals surface area contributed by atoms with Gasteiger partial charge in [0.1, 0.15) is 0 Å². The van der Waals surface area contributed by atoms with Gasteiger partial charge in [-0.25, -0.2) is 8.42 Å². The summed E-state index contributed by atoms with van der Waals surface area (Å²) in [6, 6.07) is 22.6.